The zero-order valence-corrected chi connectivity index (χ0v) is 13.4. The Labute approximate surface area is 127 Å². The Morgan fingerprint density at radius 3 is 2.38 bits per heavy atom. The zero-order valence-electron chi connectivity index (χ0n) is 13.4. The molecule has 3 amide bonds. The van der Waals surface area contributed by atoms with Gasteiger partial charge in [-0.1, -0.05) is 13.8 Å². The molecule has 0 bridgehead atoms. The van der Waals surface area contributed by atoms with Gasteiger partial charge in [-0.05, 0) is 38.6 Å². The summed E-state index contributed by atoms with van der Waals surface area (Å²) in [6, 6.07) is -0.524. The lowest BCUT2D eigenvalue weighted by molar-refractivity contribution is -0.134. The maximum absolute atomic E-state index is 12.6. The topological polar surface area (TPSA) is 78.7 Å². The van der Waals surface area contributed by atoms with Crippen LogP contribution in [0.5, 0.6) is 0 Å². The van der Waals surface area contributed by atoms with Crippen LogP contribution in [0, 0.1) is 5.92 Å². The van der Waals surface area contributed by atoms with E-state index in [0.717, 1.165) is 19.6 Å². The maximum Gasteiger partial charge on any atom is 0.325 e. The van der Waals surface area contributed by atoms with Gasteiger partial charge in [0.2, 0.25) is 0 Å². The molecule has 1 spiro atoms. The quantitative estimate of drug-likeness (QED) is 0.734. The number of nitrogens with one attached hydrogen (secondary N) is 1. The van der Waals surface area contributed by atoms with E-state index in [1.54, 1.807) is 0 Å². The Balaban J connectivity index is 1.97. The Morgan fingerprint density at radius 2 is 1.86 bits per heavy atom. The van der Waals surface area contributed by atoms with Crippen molar-refractivity contribution in [3.05, 3.63) is 0 Å². The molecule has 2 aliphatic rings. The smallest absolute Gasteiger partial charge is 0.325 e. The van der Waals surface area contributed by atoms with Crippen molar-refractivity contribution in [1.29, 1.82) is 0 Å². The molecule has 0 aromatic heterocycles. The molecule has 0 radical (unpaired) electrons. The average molecular weight is 296 g/mol. The third-order valence-electron chi connectivity index (χ3n) is 4.71. The van der Waals surface area contributed by atoms with Crippen LogP contribution < -0.4 is 11.1 Å². The summed E-state index contributed by atoms with van der Waals surface area (Å²) in [5.74, 6) is 0.601. The van der Waals surface area contributed by atoms with Crippen molar-refractivity contribution in [2.75, 3.05) is 26.2 Å². The Morgan fingerprint density at radius 1 is 1.24 bits per heavy atom. The number of amides is 3. The molecule has 21 heavy (non-hydrogen) atoms. The summed E-state index contributed by atoms with van der Waals surface area (Å²) in [5, 5.41) is 2.92. The summed E-state index contributed by atoms with van der Waals surface area (Å²) in [6.07, 6.45) is 2.57. The van der Waals surface area contributed by atoms with Crippen LogP contribution in [-0.4, -0.2) is 59.5 Å². The maximum atomic E-state index is 12.6. The monoisotopic (exact) mass is 296 g/mol. The third kappa shape index (κ3) is 3.21. The average Bonchev–Trinajstić information content (AvgIpc) is 2.69. The number of piperidine rings is 1. The number of nitrogens with zero attached hydrogens (tertiary/aromatic N) is 2. The second-order valence-corrected chi connectivity index (χ2v) is 6.80. The number of hydrogen-bond acceptors (Lipinski definition) is 4. The molecule has 2 heterocycles. The first-order valence-electron chi connectivity index (χ1n) is 7.98. The zero-order chi connectivity index (χ0) is 15.6. The van der Waals surface area contributed by atoms with Gasteiger partial charge in [0, 0.05) is 19.6 Å². The lowest BCUT2D eigenvalue weighted by Crippen LogP contribution is -2.55. The minimum absolute atomic E-state index is 0.0889. The lowest BCUT2D eigenvalue weighted by Gasteiger charge is -2.37. The van der Waals surface area contributed by atoms with Gasteiger partial charge in [0.05, 0.1) is 6.04 Å². The summed E-state index contributed by atoms with van der Waals surface area (Å²) in [4.78, 5) is 28.4. The van der Waals surface area contributed by atoms with Gasteiger partial charge in [-0.3, -0.25) is 9.69 Å². The van der Waals surface area contributed by atoms with E-state index >= 15 is 0 Å². The molecule has 0 saturated carbocycles. The lowest BCUT2D eigenvalue weighted by atomic mass is 9.87. The van der Waals surface area contributed by atoms with Crippen LogP contribution >= 0.6 is 0 Å². The van der Waals surface area contributed by atoms with Crippen LogP contribution in [0.3, 0.4) is 0 Å². The largest absolute Gasteiger partial charge is 0.328 e. The number of hydrogen-bond donors (Lipinski definition) is 2. The van der Waals surface area contributed by atoms with E-state index in [2.05, 4.69) is 24.1 Å². The Kier molecular flexibility index (Phi) is 4.88. The number of carbonyl (C=O) groups is 2. The van der Waals surface area contributed by atoms with Crippen molar-refractivity contribution < 1.29 is 9.59 Å². The first-order valence-corrected chi connectivity index (χ1v) is 7.98. The molecule has 2 saturated heterocycles. The van der Waals surface area contributed by atoms with Crippen LogP contribution in [0.2, 0.25) is 0 Å². The highest BCUT2D eigenvalue weighted by molar-refractivity contribution is 6.07. The molecule has 2 aliphatic heterocycles. The van der Waals surface area contributed by atoms with Crippen LogP contribution in [0.15, 0.2) is 0 Å². The summed E-state index contributed by atoms with van der Waals surface area (Å²) < 4.78 is 0. The number of urea groups is 1. The highest BCUT2D eigenvalue weighted by atomic mass is 16.2. The molecule has 0 aliphatic carbocycles. The summed E-state index contributed by atoms with van der Waals surface area (Å²) >= 11 is 0. The summed E-state index contributed by atoms with van der Waals surface area (Å²) in [6.45, 7) is 9.35. The molecule has 1 unspecified atom stereocenters. The minimum Gasteiger partial charge on any atom is -0.328 e. The van der Waals surface area contributed by atoms with Crippen molar-refractivity contribution in [3.8, 4) is 0 Å². The van der Waals surface area contributed by atoms with E-state index in [4.69, 9.17) is 5.73 Å². The normalized spacial score (nSPS) is 24.0. The van der Waals surface area contributed by atoms with E-state index in [1.807, 2.05) is 6.92 Å². The first kappa shape index (κ1) is 16.2. The van der Waals surface area contributed by atoms with Gasteiger partial charge in [0.15, 0.2) is 0 Å². The fourth-order valence-corrected chi connectivity index (χ4v) is 3.08. The number of carbonyl (C=O) groups excluding carboxylic acids is 2. The van der Waals surface area contributed by atoms with Gasteiger partial charge in [-0.25, -0.2) is 4.79 Å². The van der Waals surface area contributed by atoms with Gasteiger partial charge < -0.3 is 16.0 Å². The van der Waals surface area contributed by atoms with E-state index in [9.17, 15) is 9.59 Å². The standard InChI is InChI=1S/C15H28N4O2/c1-11(2)4-7-18-8-5-15(6-9-18)13(20)19(12(3)10-16)14(21)17-15/h11-12H,4-10,16H2,1-3H3,(H,17,21). The highest BCUT2D eigenvalue weighted by Gasteiger charge is 2.53. The molecule has 1 atom stereocenters. The molecule has 6 nitrogen and oxygen atoms in total. The Bertz CT molecular complexity index is 402. The minimum atomic E-state index is -0.686. The molecule has 120 valence electrons. The fourth-order valence-electron chi connectivity index (χ4n) is 3.08. The molecular weight excluding hydrogens is 268 g/mol. The highest BCUT2D eigenvalue weighted by Crippen LogP contribution is 2.30. The van der Waals surface area contributed by atoms with Crippen LogP contribution in [0.25, 0.3) is 0 Å². The molecule has 0 aromatic rings. The van der Waals surface area contributed by atoms with Crippen molar-refractivity contribution in [3.63, 3.8) is 0 Å². The van der Waals surface area contributed by atoms with Crippen molar-refractivity contribution >= 4 is 11.9 Å². The molecule has 2 rings (SSSR count). The van der Waals surface area contributed by atoms with E-state index in [1.165, 1.54) is 11.3 Å². The van der Waals surface area contributed by atoms with E-state index < -0.39 is 5.54 Å². The third-order valence-corrected chi connectivity index (χ3v) is 4.71. The number of nitrogens with two attached hydrogens (primary N) is 1. The molecule has 2 fully saturated rings. The van der Waals surface area contributed by atoms with Crippen LogP contribution in [-0.2, 0) is 4.79 Å². The van der Waals surface area contributed by atoms with Gasteiger partial charge in [-0.2, -0.15) is 0 Å². The van der Waals surface area contributed by atoms with Gasteiger partial charge in [0.25, 0.3) is 5.91 Å². The predicted octanol–water partition coefficient (Wildman–Crippen LogP) is 0.766. The van der Waals surface area contributed by atoms with Gasteiger partial charge >= 0.3 is 6.03 Å². The SMILES string of the molecule is CC(C)CCN1CCC2(CC1)NC(=O)N(C(C)CN)C2=O. The number of imide groups is 1. The van der Waals surface area contributed by atoms with E-state index in [-0.39, 0.29) is 18.0 Å². The van der Waals surface area contributed by atoms with Gasteiger partial charge in [0.1, 0.15) is 5.54 Å². The second kappa shape index (κ2) is 6.32. The molecular formula is C15H28N4O2. The number of rotatable bonds is 5. The molecule has 3 N–H and O–H groups in total. The predicted molar refractivity (Wildman–Crippen MR) is 81.8 cm³/mol. The first-order chi connectivity index (χ1) is 9.89. The van der Waals surface area contributed by atoms with Crippen LogP contribution in [0.1, 0.15) is 40.0 Å². The molecule has 0 aromatic carbocycles. The molecule has 6 heteroatoms. The number of likely N-dealkylation sites (tertiary alicyclic amines) is 1. The Hall–Kier alpha value is -1.14. The van der Waals surface area contributed by atoms with Crippen molar-refractivity contribution in [1.82, 2.24) is 15.1 Å². The van der Waals surface area contributed by atoms with Crippen molar-refractivity contribution in [2.24, 2.45) is 11.7 Å². The fraction of sp³-hybridized carbons (Fsp3) is 0.867. The summed E-state index contributed by atoms with van der Waals surface area (Å²) in [5.41, 5.74) is 4.92. The summed E-state index contributed by atoms with van der Waals surface area (Å²) in [7, 11) is 0. The second-order valence-electron chi connectivity index (χ2n) is 6.80. The van der Waals surface area contributed by atoms with Gasteiger partial charge in [-0.15, -0.1) is 0 Å². The van der Waals surface area contributed by atoms with Crippen LogP contribution in [0.4, 0.5) is 4.79 Å². The van der Waals surface area contributed by atoms with E-state index in [0.29, 0.717) is 25.3 Å². The van der Waals surface area contributed by atoms with Crippen molar-refractivity contribution in [2.45, 2.75) is 51.6 Å².